The molecule has 0 spiro atoms. The maximum Gasteiger partial charge on any atom is 0.308 e. The monoisotopic (exact) mass is 250 g/mol. The Balaban J connectivity index is 2.54. The molecule has 1 N–H and O–H groups in total. The number of carboxylic acid groups (broad SMARTS) is 1. The third-order valence-electron chi connectivity index (χ3n) is 5.40. The van der Waals surface area contributed by atoms with Crippen LogP contribution >= 0.6 is 0 Å². The van der Waals surface area contributed by atoms with Crippen LogP contribution in [0.3, 0.4) is 0 Å². The predicted octanol–water partition coefficient (Wildman–Crippen LogP) is 2.90. The molecule has 2 bridgehead atoms. The van der Waals surface area contributed by atoms with E-state index in [4.69, 9.17) is 0 Å². The van der Waals surface area contributed by atoms with Gasteiger partial charge in [-0.1, -0.05) is 26.3 Å². The summed E-state index contributed by atoms with van der Waals surface area (Å²) in [6.45, 7) is 8.22. The molecule has 4 atom stereocenters. The quantitative estimate of drug-likeness (QED) is 0.783. The number of hydrogen-bond donors (Lipinski definition) is 1. The first-order chi connectivity index (χ1) is 8.34. The molecule has 0 aromatic heterocycles. The van der Waals surface area contributed by atoms with E-state index < -0.39 is 11.9 Å². The number of hydrogen-bond acceptors (Lipinski definition) is 2. The average molecular weight is 250 g/mol. The Morgan fingerprint density at radius 2 is 2.11 bits per heavy atom. The van der Waals surface area contributed by atoms with Gasteiger partial charge in [0.15, 0.2) is 0 Å². The largest absolute Gasteiger partial charge is 0.481 e. The summed E-state index contributed by atoms with van der Waals surface area (Å²) in [4.78, 5) is 23.0. The Morgan fingerprint density at radius 3 is 2.56 bits per heavy atom. The summed E-state index contributed by atoms with van der Waals surface area (Å²) in [5, 5.41) is 9.57. The molecule has 100 valence electrons. The van der Waals surface area contributed by atoms with E-state index >= 15 is 0 Å². The average Bonchev–Trinajstić information content (AvgIpc) is 2.42. The van der Waals surface area contributed by atoms with Gasteiger partial charge in [-0.3, -0.25) is 9.59 Å². The molecule has 2 rings (SSSR count). The summed E-state index contributed by atoms with van der Waals surface area (Å²) in [6.07, 6.45) is 2.81. The Labute approximate surface area is 108 Å². The standard InChI is InChI=1S/C15H22O3/c1-8(2)10-5-6-15(4)9(3)11(7-16)12(10)13(15)14(17)18/h7-8,10,12-13H,5-6H2,1-4H3,(H,17,18)/t10-,12-,13?,15+/m1/s1. The summed E-state index contributed by atoms with van der Waals surface area (Å²) < 4.78 is 0. The Kier molecular flexibility index (Phi) is 3.12. The van der Waals surface area contributed by atoms with Crippen LogP contribution in [0.25, 0.3) is 0 Å². The van der Waals surface area contributed by atoms with E-state index in [0.29, 0.717) is 11.8 Å². The molecule has 1 saturated carbocycles. The van der Waals surface area contributed by atoms with Gasteiger partial charge in [-0.2, -0.15) is 0 Å². The fourth-order valence-electron chi connectivity index (χ4n) is 4.20. The first-order valence-corrected chi connectivity index (χ1v) is 6.73. The van der Waals surface area contributed by atoms with Crippen molar-refractivity contribution in [1.29, 1.82) is 0 Å². The summed E-state index contributed by atoms with van der Waals surface area (Å²) in [7, 11) is 0. The second-order valence-electron chi connectivity index (χ2n) is 6.40. The number of carbonyl (C=O) groups is 2. The van der Waals surface area contributed by atoms with Crippen LogP contribution in [0.5, 0.6) is 0 Å². The van der Waals surface area contributed by atoms with Gasteiger partial charge < -0.3 is 5.11 Å². The summed E-state index contributed by atoms with van der Waals surface area (Å²) >= 11 is 0. The summed E-state index contributed by atoms with van der Waals surface area (Å²) in [6, 6.07) is 0. The molecule has 3 heteroatoms. The van der Waals surface area contributed by atoms with Crippen molar-refractivity contribution in [2.24, 2.45) is 29.1 Å². The summed E-state index contributed by atoms with van der Waals surface area (Å²) in [5.74, 6) is -0.513. The van der Waals surface area contributed by atoms with E-state index in [1.54, 1.807) is 0 Å². The molecule has 0 amide bonds. The van der Waals surface area contributed by atoms with Crippen molar-refractivity contribution in [2.75, 3.05) is 0 Å². The lowest BCUT2D eigenvalue weighted by Gasteiger charge is -2.43. The molecule has 1 unspecified atom stereocenters. The number of fused-ring (bicyclic) bond motifs is 2. The van der Waals surface area contributed by atoms with Crippen molar-refractivity contribution in [1.82, 2.24) is 0 Å². The van der Waals surface area contributed by atoms with Gasteiger partial charge in [0.05, 0.1) is 5.92 Å². The topological polar surface area (TPSA) is 54.4 Å². The highest BCUT2D eigenvalue weighted by Crippen LogP contribution is 2.60. The minimum Gasteiger partial charge on any atom is -0.481 e. The van der Waals surface area contributed by atoms with Crippen molar-refractivity contribution in [3.05, 3.63) is 11.1 Å². The van der Waals surface area contributed by atoms with Crippen LogP contribution < -0.4 is 0 Å². The van der Waals surface area contributed by atoms with Gasteiger partial charge in [0, 0.05) is 11.3 Å². The van der Waals surface area contributed by atoms with Crippen molar-refractivity contribution in [3.63, 3.8) is 0 Å². The van der Waals surface area contributed by atoms with Gasteiger partial charge in [-0.15, -0.1) is 0 Å². The normalized spacial score (nSPS) is 39.3. The Hall–Kier alpha value is -1.12. The van der Waals surface area contributed by atoms with Crippen molar-refractivity contribution < 1.29 is 14.7 Å². The molecule has 3 nitrogen and oxygen atoms in total. The van der Waals surface area contributed by atoms with Gasteiger partial charge >= 0.3 is 5.97 Å². The van der Waals surface area contributed by atoms with Crippen LogP contribution in [0.4, 0.5) is 0 Å². The zero-order chi connectivity index (χ0) is 13.7. The molecule has 2 aliphatic rings. The van der Waals surface area contributed by atoms with Gasteiger partial charge in [0.25, 0.3) is 0 Å². The third kappa shape index (κ3) is 1.56. The van der Waals surface area contributed by atoms with E-state index in [1.165, 1.54) is 0 Å². The molecule has 0 saturated heterocycles. The molecule has 2 aliphatic carbocycles. The van der Waals surface area contributed by atoms with E-state index in [2.05, 4.69) is 13.8 Å². The number of aldehydes is 1. The molecule has 0 aromatic carbocycles. The minimum atomic E-state index is -0.746. The Bertz CT molecular complexity index is 421. The fourth-order valence-corrected chi connectivity index (χ4v) is 4.20. The van der Waals surface area contributed by atoms with Crippen molar-refractivity contribution >= 4 is 12.3 Å². The molecule has 0 aliphatic heterocycles. The van der Waals surface area contributed by atoms with E-state index in [9.17, 15) is 14.7 Å². The second kappa shape index (κ2) is 4.22. The number of carboxylic acids is 1. The Morgan fingerprint density at radius 1 is 1.50 bits per heavy atom. The number of carbonyl (C=O) groups excluding carboxylic acids is 1. The highest BCUT2D eigenvalue weighted by Gasteiger charge is 2.58. The lowest BCUT2D eigenvalue weighted by molar-refractivity contribution is -0.150. The molecule has 0 radical (unpaired) electrons. The molecule has 1 fully saturated rings. The number of allylic oxidation sites excluding steroid dienone is 2. The molecular weight excluding hydrogens is 228 g/mol. The van der Waals surface area contributed by atoms with E-state index in [1.807, 2.05) is 13.8 Å². The molecule has 18 heavy (non-hydrogen) atoms. The molecule has 0 heterocycles. The SMILES string of the molecule is CC1=C(C=O)[C@@H]2C(C(=O)O)[C@@]1(C)CC[C@@H]2C(C)C. The zero-order valence-corrected chi connectivity index (χ0v) is 11.6. The van der Waals surface area contributed by atoms with Crippen LogP contribution in [-0.4, -0.2) is 17.4 Å². The second-order valence-corrected chi connectivity index (χ2v) is 6.40. The lowest BCUT2D eigenvalue weighted by atomic mass is 9.59. The van der Waals surface area contributed by atoms with Gasteiger partial charge in [0.2, 0.25) is 0 Å². The van der Waals surface area contributed by atoms with Crippen LogP contribution in [0.1, 0.15) is 40.5 Å². The van der Waals surface area contributed by atoms with Gasteiger partial charge in [-0.05, 0) is 37.2 Å². The van der Waals surface area contributed by atoms with Crippen LogP contribution in [-0.2, 0) is 9.59 Å². The maximum atomic E-state index is 11.7. The predicted molar refractivity (Wildman–Crippen MR) is 69.0 cm³/mol. The van der Waals surface area contributed by atoms with Gasteiger partial charge in [-0.25, -0.2) is 0 Å². The molecular formula is C15H22O3. The maximum absolute atomic E-state index is 11.7. The minimum absolute atomic E-state index is 0.0845. The lowest BCUT2D eigenvalue weighted by Crippen LogP contribution is -2.43. The van der Waals surface area contributed by atoms with Crippen LogP contribution in [0.2, 0.25) is 0 Å². The van der Waals surface area contributed by atoms with Gasteiger partial charge in [0.1, 0.15) is 6.29 Å². The van der Waals surface area contributed by atoms with E-state index in [0.717, 1.165) is 30.3 Å². The first kappa shape index (κ1) is 13.3. The first-order valence-electron chi connectivity index (χ1n) is 6.73. The zero-order valence-electron chi connectivity index (χ0n) is 11.6. The number of aliphatic carboxylic acids is 1. The smallest absolute Gasteiger partial charge is 0.308 e. The third-order valence-corrected chi connectivity index (χ3v) is 5.40. The van der Waals surface area contributed by atoms with Crippen molar-refractivity contribution in [2.45, 2.75) is 40.5 Å². The number of rotatable bonds is 3. The van der Waals surface area contributed by atoms with Crippen LogP contribution in [0.15, 0.2) is 11.1 Å². The highest BCUT2D eigenvalue weighted by molar-refractivity contribution is 5.84. The summed E-state index contributed by atoms with van der Waals surface area (Å²) in [5.41, 5.74) is 1.46. The van der Waals surface area contributed by atoms with E-state index in [-0.39, 0.29) is 11.3 Å². The molecule has 0 aromatic rings. The van der Waals surface area contributed by atoms with Crippen molar-refractivity contribution in [3.8, 4) is 0 Å². The van der Waals surface area contributed by atoms with Crippen LogP contribution in [0, 0.1) is 29.1 Å². The highest BCUT2D eigenvalue weighted by atomic mass is 16.4. The fraction of sp³-hybridized carbons (Fsp3) is 0.733.